The van der Waals surface area contributed by atoms with Crippen molar-refractivity contribution in [1.82, 2.24) is 5.32 Å². The molecule has 0 heterocycles. The van der Waals surface area contributed by atoms with Gasteiger partial charge in [0.05, 0.1) is 25.0 Å². The van der Waals surface area contributed by atoms with Gasteiger partial charge in [-0.15, -0.1) is 0 Å². The molecule has 0 aromatic heterocycles. The SMILES string of the molecule is CCOCCOc1ccccc1NC(=S)NC(=O)c1ccc(C(=O)OC)cc1. The van der Waals surface area contributed by atoms with Gasteiger partial charge in [0, 0.05) is 12.2 Å². The number of hydrogen-bond donors (Lipinski definition) is 2. The molecule has 148 valence electrons. The van der Waals surface area contributed by atoms with Crippen molar-refractivity contribution in [3.8, 4) is 5.75 Å². The Labute approximate surface area is 169 Å². The molecule has 0 atom stereocenters. The van der Waals surface area contributed by atoms with E-state index in [4.69, 9.17) is 21.7 Å². The summed E-state index contributed by atoms with van der Waals surface area (Å²) in [7, 11) is 1.30. The first kappa shape index (κ1) is 21.3. The van der Waals surface area contributed by atoms with Gasteiger partial charge in [-0.25, -0.2) is 4.79 Å². The summed E-state index contributed by atoms with van der Waals surface area (Å²) in [6, 6.07) is 13.3. The number of hydrogen-bond acceptors (Lipinski definition) is 6. The van der Waals surface area contributed by atoms with E-state index >= 15 is 0 Å². The fourth-order valence-electron chi connectivity index (χ4n) is 2.26. The lowest BCUT2D eigenvalue weighted by Crippen LogP contribution is -2.34. The topological polar surface area (TPSA) is 85.9 Å². The van der Waals surface area contributed by atoms with E-state index in [9.17, 15) is 9.59 Å². The number of nitrogens with one attached hydrogen (secondary N) is 2. The van der Waals surface area contributed by atoms with E-state index in [0.29, 0.717) is 42.4 Å². The molecule has 2 aromatic rings. The maximum Gasteiger partial charge on any atom is 0.337 e. The Bertz CT molecular complexity index is 824. The molecular formula is C20H22N2O5S. The molecule has 0 aliphatic heterocycles. The third-order valence-electron chi connectivity index (χ3n) is 3.62. The number of amides is 1. The van der Waals surface area contributed by atoms with Crippen LogP contribution in [0.1, 0.15) is 27.6 Å². The van der Waals surface area contributed by atoms with E-state index in [2.05, 4.69) is 15.4 Å². The van der Waals surface area contributed by atoms with E-state index in [1.807, 2.05) is 19.1 Å². The van der Waals surface area contributed by atoms with Gasteiger partial charge in [0.15, 0.2) is 5.11 Å². The van der Waals surface area contributed by atoms with Crippen LogP contribution in [0.25, 0.3) is 0 Å². The monoisotopic (exact) mass is 402 g/mol. The highest BCUT2D eigenvalue weighted by atomic mass is 32.1. The third-order valence-corrected chi connectivity index (χ3v) is 3.82. The number of esters is 1. The number of rotatable bonds is 8. The molecule has 0 saturated heterocycles. The molecule has 0 unspecified atom stereocenters. The second-order valence-electron chi connectivity index (χ2n) is 5.52. The number of carbonyl (C=O) groups is 2. The maximum atomic E-state index is 12.3. The molecule has 2 aromatic carbocycles. The van der Waals surface area contributed by atoms with Gasteiger partial charge in [0.1, 0.15) is 12.4 Å². The molecule has 0 aliphatic rings. The Morgan fingerprint density at radius 1 is 1.00 bits per heavy atom. The summed E-state index contributed by atoms with van der Waals surface area (Å²) in [4.78, 5) is 23.8. The van der Waals surface area contributed by atoms with Crippen LogP contribution in [0.15, 0.2) is 48.5 Å². The first-order valence-corrected chi connectivity index (χ1v) is 9.06. The number of ether oxygens (including phenoxy) is 3. The van der Waals surface area contributed by atoms with Crippen molar-refractivity contribution in [3.63, 3.8) is 0 Å². The van der Waals surface area contributed by atoms with Crippen molar-refractivity contribution in [2.75, 3.05) is 32.2 Å². The van der Waals surface area contributed by atoms with Crippen LogP contribution in [0.2, 0.25) is 0 Å². The number of benzene rings is 2. The summed E-state index contributed by atoms with van der Waals surface area (Å²) in [6.07, 6.45) is 0. The van der Waals surface area contributed by atoms with Crippen molar-refractivity contribution in [2.45, 2.75) is 6.92 Å². The Morgan fingerprint density at radius 3 is 2.36 bits per heavy atom. The summed E-state index contributed by atoms with van der Waals surface area (Å²) in [5, 5.41) is 5.67. The van der Waals surface area contributed by atoms with Gasteiger partial charge in [-0.1, -0.05) is 12.1 Å². The lowest BCUT2D eigenvalue weighted by molar-refractivity contribution is 0.0600. The Balaban J connectivity index is 1.94. The molecule has 7 nitrogen and oxygen atoms in total. The van der Waals surface area contributed by atoms with E-state index < -0.39 is 11.9 Å². The number of carbonyl (C=O) groups excluding carboxylic acids is 2. The van der Waals surface area contributed by atoms with Crippen molar-refractivity contribution < 1.29 is 23.8 Å². The molecule has 0 bridgehead atoms. The molecule has 0 saturated carbocycles. The molecule has 8 heteroatoms. The van der Waals surface area contributed by atoms with Crippen molar-refractivity contribution in [3.05, 3.63) is 59.7 Å². The van der Waals surface area contributed by atoms with Crippen molar-refractivity contribution >= 4 is 34.9 Å². The predicted molar refractivity (Wildman–Crippen MR) is 110 cm³/mol. The van der Waals surface area contributed by atoms with Crippen molar-refractivity contribution in [2.24, 2.45) is 0 Å². The smallest absolute Gasteiger partial charge is 0.337 e. The van der Waals surface area contributed by atoms with Gasteiger partial charge in [0.2, 0.25) is 0 Å². The van der Waals surface area contributed by atoms with Gasteiger partial charge in [-0.05, 0) is 55.5 Å². The van der Waals surface area contributed by atoms with Crippen LogP contribution < -0.4 is 15.4 Å². The van der Waals surface area contributed by atoms with Gasteiger partial charge >= 0.3 is 5.97 Å². The quantitative estimate of drug-likeness (QED) is 0.399. The molecule has 1 amide bonds. The predicted octanol–water partition coefficient (Wildman–Crippen LogP) is 3.02. The lowest BCUT2D eigenvalue weighted by Gasteiger charge is -2.14. The molecule has 0 spiro atoms. The minimum absolute atomic E-state index is 0.128. The average Bonchev–Trinajstić information content (AvgIpc) is 2.71. The van der Waals surface area contributed by atoms with Gasteiger partial charge in [-0.3, -0.25) is 10.1 Å². The highest BCUT2D eigenvalue weighted by Gasteiger charge is 2.11. The highest BCUT2D eigenvalue weighted by Crippen LogP contribution is 2.23. The average molecular weight is 402 g/mol. The standard InChI is InChI=1S/C20H22N2O5S/c1-3-26-12-13-27-17-7-5-4-6-16(17)21-20(28)22-18(23)14-8-10-15(11-9-14)19(24)25-2/h4-11H,3,12-13H2,1-2H3,(H2,21,22,23,28). The normalized spacial score (nSPS) is 10.1. The number of methoxy groups -OCH3 is 1. The summed E-state index contributed by atoms with van der Waals surface area (Å²) < 4.78 is 15.6. The second kappa shape index (κ2) is 11.0. The first-order chi connectivity index (χ1) is 13.5. The zero-order chi connectivity index (χ0) is 20.4. The maximum absolute atomic E-state index is 12.3. The van der Waals surface area contributed by atoms with Crippen LogP contribution in [-0.4, -0.2) is 43.9 Å². The van der Waals surface area contributed by atoms with Crippen LogP contribution in [0, 0.1) is 0 Å². The Hall–Kier alpha value is -2.97. The summed E-state index contributed by atoms with van der Waals surface area (Å²) in [5.74, 6) is -0.269. The summed E-state index contributed by atoms with van der Waals surface area (Å²) >= 11 is 5.21. The minimum atomic E-state index is -0.468. The third kappa shape index (κ3) is 6.33. The molecular weight excluding hydrogens is 380 g/mol. The zero-order valence-electron chi connectivity index (χ0n) is 15.7. The molecule has 28 heavy (non-hydrogen) atoms. The van der Waals surface area contributed by atoms with E-state index in [1.165, 1.54) is 31.4 Å². The van der Waals surface area contributed by atoms with Gasteiger partial charge in [0.25, 0.3) is 5.91 Å². The van der Waals surface area contributed by atoms with Crippen LogP contribution in [0.3, 0.4) is 0 Å². The van der Waals surface area contributed by atoms with Crippen molar-refractivity contribution in [1.29, 1.82) is 0 Å². The summed E-state index contributed by atoms with van der Waals surface area (Å²) in [6.45, 7) is 3.42. The fourth-order valence-corrected chi connectivity index (χ4v) is 2.46. The molecule has 0 radical (unpaired) electrons. The number of para-hydroxylation sites is 2. The Morgan fingerprint density at radius 2 is 1.68 bits per heavy atom. The molecule has 2 rings (SSSR count). The van der Waals surface area contributed by atoms with Crippen LogP contribution in [-0.2, 0) is 9.47 Å². The van der Waals surface area contributed by atoms with Crippen LogP contribution >= 0.6 is 12.2 Å². The van der Waals surface area contributed by atoms with Crippen LogP contribution in [0.4, 0.5) is 5.69 Å². The first-order valence-electron chi connectivity index (χ1n) is 8.65. The zero-order valence-corrected chi connectivity index (χ0v) is 16.5. The molecule has 0 aliphatic carbocycles. The molecule has 0 fully saturated rings. The minimum Gasteiger partial charge on any atom is -0.489 e. The number of thiocarbonyl (C=S) groups is 1. The number of anilines is 1. The Kier molecular flexibility index (Phi) is 8.38. The van der Waals surface area contributed by atoms with Gasteiger partial charge < -0.3 is 19.5 Å². The largest absolute Gasteiger partial charge is 0.489 e. The van der Waals surface area contributed by atoms with E-state index in [0.717, 1.165) is 0 Å². The highest BCUT2D eigenvalue weighted by molar-refractivity contribution is 7.80. The second-order valence-corrected chi connectivity index (χ2v) is 5.93. The molecule has 2 N–H and O–H groups in total. The lowest BCUT2D eigenvalue weighted by atomic mass is 10.1. The fraction of sp³-hybridized carbons (Fsp3) is 0.250. The van der Waals surface area contributed by atoms with E-state index in [1.54, 1.807) is 12.1 Å². The summed E-state index contributed by atoms with van der Waals surface area (Å²) in [5.41, 5.74) is 1.35. The van der Waals surface area contributed by atoms with Crippen LogP contribution in [0.5, 0.6) is 5.75 Å². The van der Waals surface area contributed by atoms with Gasteiger partial charge in [-0.2, -0.15) is 0 Å². The van der Waals surface area contributed by atoms with E-state index in [-0.39, 0.29) is 5.11 Å².